The summed E-state index contributed by atoms with van der Waals surface area (Å²) < 4.78 is 0. The SMILES string of the molecule is CCCC1SCC(C(=O)O)N1C(=O)c1cccs1. The van der Waals surface area contributed by atoms with E-state index in [0.717, 1.165) is 12.8 Å². The number of hydrogen-bond donors (Lipinski definition) is 1. The maximum absolute atomic E-state index is 12.4. The number of carboxylic acids is 1. The van der Waals surface area contributed by atoms with Gasteiger partial charge in [-0.05, 0) is 17.9 Å². The number of thioether (sulfide) groups is 1. The van der Waals surface area contributed by atoms with Crippen molar-refractivity contribution >= 4 is 35.0 Å². The predicted molar refractivity (Wildman–Crippen MR) is 73.1 cm³/mol. The highest BCUT2D eigenvalue weighted by Crippen LogP contribution is 2.34. The number of aliphatic carboxylic acids is 1. The van der Waals surface area contributed by atoms with Crippen LogP contribution in [-0.4, -0.2) is 39.1 Å². The lowest BCUT2D eigenvalue weighted by Gasteiger charge is -2.26. The Morgan fingerprint density at radius 1 is 1.56 bits per heavy atom. The summed E-state index contributed by atoms with van der Waals surface area (Å²) in [5.74, 6) is -0.580. The molecule has 0 aliphatic carbocycles. The van der Waals surface area contributed by atoms with Crippen molar-refractivity contribution in [2.24, 2.45) is 0 Å². The molecule has 1 aromatic rings. The number of rotatable bonds is 4. The summed E-state index contributed by atoms with van der Waals surface area (Å²) in [6.45, 7) is 2.04. The number of carboxylic acid groups (broad SMARTS) is 1. The van der Waals surface area contributed by atoms with E-state index in [1.54, 1.807) is 22.7 Å². The molecule has 1 aliphatic rings. The van der Waals surface area contributed by atoms with Gasteiger partial charge in [-0.15, -0.1) is 23.1 Å². The van der Waals surface area contributed by atoms with Gasteiger partial charge in [0.1, 0.15) is 6.04 Å². The third-order valence-corrected chi connectivity index (χ3v) is 5.09. The lowest BCUT2D eigenvalue weighted by Crippen LogP contribution is -2.45. The van der Waals surface area contributed by atoms with Gasteiger partial charge >= 0.3 is 5.97 Å². The minimum atomic E-state index is -0.911. The second-order valence-corrected chi connectivity index (χ2v) is 6.28. The molecule has 2 atom stereocenters. The van der Waals surface area contributed by atoms with Crippen LogP contribution in [0.5, 0.6) is 0 Å². The van der Waals surface area contributed by atoms with Crippen LogP contribution in [0.25, 0.3) is 0 Å². The van der Waals surface area contributed by atoms with E-state index in [-0.39, 0.29) is 11.3 Å². The fourth-order valence-corrected chi connectivity index (χ4v) is 4.20. The van der Waals surface area contributed by atoms with E-state index in [2.05, 4.69) is 0 Å². The number of carbonyl (C=O) groups is 2. The first-order valence-electron chi connectivity index (χ1n) is 5.85. The standard InChI is InChI=1S/C12H15NO3S2/c1-2-4-10-13(8(7-18-10)12(15)16)11(14)9-5-3-6-17-9/h3,5-6,8,10H,2,4,7H2,1H3,(H,15,16). The van der Waals surface area contributed by atoms with Crippen LogP contribution < -0.4 is 0 Å². The van der Waals surface area contributed by atoms with Gasteiger partial charge in [-0.3, -0.25) is 4.79 Å². The Labute approximate surface area is 114 Å². The molecule has 2 rings (SSSR count). The number of thiophene rings is 1. The van der Waals surface area contributed by atoms with E-state index in [4.69, 9.17) is 0 Å². The van der Waals surface area contributed by atoms with Crippen molar-refractivity contribution in [1.29, 1.82) is 0 Å². The smallest absolute Gasteiger partial charge is 0.327 e. The summed E-state index contributed by atoms with van der Waals surface area (Å²) in [6.07, 6.45) is 1.78. The molecule has 1 saturated heterocycles. The summed E-state index contributed by atoms with van der Waals surface area (Å²) in [4.78, 5) is 25.8. The fourth-order valence-electron chi connectivity index (χ4n) is 2.02. The first kappa shape index (κ1) is 13.4. The summed E-state index contributed by atoms with van der Waals surface area (Å²) in [5.41, 5.74) is 0. The van der Waals surface area contributed by atoms with Gasteiger partial charge < -0.3 is 10.0 Å². The average molecular weight is 285 g/mol. The van der Waals surface area contributed by atoms with Crippen molar-refractivity contribution in [3.05, 3.63) is 22.4 Å². The van der Waals surface area contributed by atoms with E-state index in [1.165, 1.54) is 11.3 Å². The van der Waals surface area contributed by atoms with Gasteiger partial charge in [0.2, 0.25) is 0 Å². The molecule has 4 nitrogen and oxygen atoms in total. The van der Waals surface area contributed by atoms with Gasteiger partial charge in [0.05, 0.1) is 10.3 Å². The average Bonchev–Trinajstić information content (AvgIpc) is 2.97. The number of nitrogens with zero attached hydrogens (tertiary/aromatic N) is 1. The first-order chi connectivity index (χ1) is 8.65. The highest BCUT2D eigenvalue weighted by Gasteiger charge is 2.41. The zero-order valence-corrected chi connectivity index (χ0v) is 11.7. The van der Waals surface area contributed by atoms with Gasteiger partial charge in [0, 0.05) is 5.75 Å². The molecule has 6 heteroatoms. The normalized spacial score (nSPS) is 23.3. The van der Waals surface area contributed by atoms with Crippen LogP contribution in [0.15, 0.2) is 17.5 Å². The highest BCUT2D eigenvalue weighted by atomic mass is 32.2. The Morgan fingerprint density at radius 3 is 2.89 bits per heavy atom. The number of hydrogen-bond acceptors (Lipinski definition) is 4. The van der Waals surface area contributed by atoms with Crippen LogP contribution in [-0.2, 0) is 4.79 Å². The molecule has 0 spiro atoms. The van der Waals surface area contributed by atoms with Crippen LogP contribution in [0.1, 0.15) is 29.4 Å². The lowest BCUT2D eigenvalue weighted by atomic mass is 10.2. The molecule has 0 aromatic carbocycles. The highest BCUT2D eigenvalue weighted by molar-refractivity contribution is 8.00. The van der Waals surface area contributed by atoms with Crippen LogP contribution in [0.4, 0.5) is 0 Å². The Kier molecular flexibility index (Phi) is 4.29. The molecule has 18 heavy (non-hydrogen) atoms. The Bertz CT molecular complexity index is 433. The molecule has 1 fully saturated rings. The van der Waals surface area contributed by atoms with E-state index >= 15 is 0 Å². The van der Waals surface area contributed by atoms with Crippen molar-refractivity contribution in [3.8, 4) is 0 Å². The largest absolute Gasteiger partial charge is 0.480 e. The Hall–Kier alpha value is -1.01. The molecule has 1 aromatic heterocycles. The zero-order chi connectivity index (χ0) is 13.1. The molecule has 2 heterocycles. The summed E-state index contributed by atoms with van der Waals surface area (Å²) in [6, 6.07) is 2.87. The monoisotopic (exact) mass is 285 g/mol. The maximum atomic E-state index is 12.4. The van der Waals surface area contributed by atoms with E-state index in [0.29, 0.717) is 10.6 Å². The van der Waals surface area contributed by atoms with Crippen LogP contribution >= 0.6 is 23.1 Å². The second-order valence-electron chi connectivity index (χ2n) is 4.12. The van der Waals surface area contributed by atoms with Gasteiger partial charge in [-0.1, -0.05) is 19.4 Å². The molecule has 98 valence electrons. The predicted octanol–water partition coefficient (Wildman–Crippen LogP) is 2.52. The van der Waals surface area contributed by atoms with Crippen LogP contribution in [0.2, 0.25) is 0 Å². The summed E-state index contributed by atoms with van der Waals surface area (Å²) in [7, 11) is 0. The maximum Gasteiger partial charge on any atom is 0.327 e. The molecular formula is C12H15NO3S2. The van der Waals surface area contributed by atoms with E-state index in [1.807, 2.05) is 18.4 Å². The topological polar surface area (TPSA) is 57.6 Å². The zero-order valence-electron chi connectivity index (χ0n) is 10.0. The van der Waals surface area contributed by atoms with E-state index in [9.17, 15) is 14.7 Å². The van der Waals surface area contributed by atoms with Gasteiger partial charge in [-0.25, -0.2) is 4.79 Å². The molecular weight excluding hydrogens is 270 g/mol. The third-order valence-electron chi connectivity index (χ3n) is 2.88. The lowest BCUT2D eigenvalue weighted by molar-refractivity contribution is -0.141. The first-order valence-corrected chi connectivity index (χ1v) is 7.78. The number of carbonyl (C=O) groups excluding carboxylic acids is 1. The van der Waals surface area contributed by atoms with Crippen molar-refractivity contribution < 1.29 is 14.7 Å². The van der Waals surface area contributed by atoms with E-state index < -0.39 is 12.0 Å². The third kappa shape index (κ3) is 2.54. The summed E-state index contributed by atoms with van der Waals surface area (Å²) >= 11 is 2.92. The molecule has 1 N–H and O–H groups in total. The van der Waals surface area contributed by atoms with Gasteiger partial charge in [-0.2, -0.15) is 0 Å². The fraction of sp³-hybridized carbons (Fsp3) is 0.500. The number of amides is 1. The molecule has 0 bridgehead atoms. The summed E-state index contributed by atoms with van der Waals surface area (Å²) in [5, 5.41) is 11.0. The van der Waals surface area contributed by atoms with Gasteiger partial charge in [0.25, 0.3) is 5.91 Å². The van der Waals surface area contributed by atoms with Gasteiger partial charge in [0.15, 0.2) is 0 Å². The molecule has 1 aliphatic heterocycles. The van der Waals surface area contributed by atoms with Crippen molar-refractivity contribution in [3.63, 3.8) is 0 Å². The Morgan fingerprint density at radius 2 is 2.33 bits per heavy atom. The second kappa shape index (κ2) is 5.75. The molecule has 2 unspecified atom stereocenters. The molecule has 0 saturated carbocycles. The van der Waals surface area contributed by atoms with Crippen LogP contribution in [0, 0.1) is 0 Å². The molecule has 1 amide bonds. The quantitative estimate of drug-likeness (QED) is 0.923. The minimum absolute atomic E-state index is 0.00861. The van der Waals surface area contributed by atoms with Crippen molar-refractivity contribution in [1.82, 2.24) is 4.90 Å². The van der Waals surface area contributed by atoms with Crippen molar-refractivity contribution in [2.75, 3.05) is 5.75 Å². The van der Waals surface area contributed by atoms with Crippen LogP contribution in [0.3, 0.4) is 0 Å². The Balaban J connectivity index is 2.23. The molecule has 0 radical (unpaired) electrons. The van der Waals surface area contributed by atoms with Crippen molar-refractivity contribution in [2.45, 2.75) is 31.2 Å². The minimum Gasteiger partial charge on any atom is -0.480 e.